The van der Waals surface area contributed by atoms with Gasteiger partial charge in [0.25, 0.3) is 0 Å². The summed E-state index contributed by atoms with van der Waals surface area (Å²) in [6.45, 7) is 2.17. The van der Waals surface area contributed by atoms with Crippen molar-refractivity contribution in [1.29, 1.82) is 0 Å². The molecule has 5 aromatic rings. The minimum absolute atomic E-state index is 0.688. The molecule has 0 atom stereocenters. The molecule has 0 fully saturated rings. The van der Waals surface area contributed by atoms with Crippen molar-refractivity contribution >= 4 is 32.8 Å². The van der Waals surface area contributed by atoms with Crippen LogP contribution in [0.1, 0.15) is 5.56 Å². The normalized spacial score (nSPS) is 11.6. The third-order valence-corrected chi connectivity index (χ3v) is 4.98. The van der Waals surface area contributed by atoms with E-state index in [0.29, 0.717) is 5.71 Å². The Hall–Kier alpha value is -3.20. The second-order valence-electron chi connectivity index (χ2n) is 6.40. The monoisotopic (exact) mass is 325 g/mol. The first-order chi connectivity index (χ1) is 12.3. The molecule has 3 heterocycles. The molecule has 0 radical (unpaired) electrons. The van der Waals surface area contributed by atoms with Gasteiger partial charge in [-0.1, -0.05) is 24.3 Å². The van der Waals surface area contributed by atoms with Crippen LogP contribution in [0.25, 0.3) is 44.1 Å². The topological polar surface area (TPSA) is 29.9 Å². The number of nitrogens with zero attached hydrogens (tertiary/aromatic N) is 2. The largest absolute Gasteiger partial charge is 0.437 e. The third kappa shape index (κ3) is 1.92. The molecule has 25 heavy (non-hydrogen) atoms. The van der Waals surface area contributed by atoms with Crippen molar-refractivity contribution in [2.24, 2.45) is 7.05 Å². The van der Waals surface area contributed by atoms with E-state index in [2.05, 4.69) is 72.2 Å². The second kappa shape index (κ2) is 5.15. The Morgan fingerprint density at radius 3 is 2.48 bits per heavy atom. The van der Waals surface area contributed by atoms with Crippen LogP contribution in [0.5, 0.6) is 0 Å². The zero-order valence-corrected chi connectivity index (χ0v) is 14.2. The van der Waals surface area contributed by atoms with Gasteiger partial charge in [-0.3, -0.25) is 0 Å². The van der Waals surface area contributed by atoms with Gasteiger partial charge in [0.15, 0.2) is 11.8 Å². The van der Waals surface area contributed by atoms with Crippen LogP contribution in [0.4, 0.5) is 0 Å². The summed E-state index contributed by atoms with van der Waals surface area (Å²) in [7, 11) is 2.07. The van der Waals surface area contributed by atoms with Gasteiger partial charge in [0.2, 0.25) is 11.4 Å². The molecule has 2 aromatic carbocycles. The Labute approximate surface area is 145 Å². The maximum absolute atomic E-state index is 6.26. The second-order valence-corrected chi connectivity index (χ2v) is 6.40. The summed E-state index contributed by atoms with van der Waals surface area (Å²) in [5.74, 6) is 0. The van der Waals surface area contributed by atoms with Crippen LogP contribution >= 0.6 is 0 Å². The van der Waals surface area contributed by atoms with E-state index >= 15 is 0 Å². The molecule has 0 unspecified atom stereocenters. The summed E-state index contributed by atoms with van der Waals surface area (Å²) < 4.78 is 8.39. The number of benzene rings is 2. The van der Waals surface area contributed by atoms with Gasteiger partial charge in [-0.2, -0.15) is 0 Å². The highest BCUT2D eigenvalue weighted by Crippen LogP contribution is 2.41. The molecule has 0 aliphatic heterocycles. The van der Waals surface area contributed by atoms with E-state index in [0.717, 1.165) is 27.6 Å². The van der Waals surface area contributed by atoms with Crippen molar-refractivity contribution < 1.29 is 8.98 Å². The van der Waals surface area contributed by atoms with Crippen molar-refractivity contribution in [1.82, 2.24) is 4.98 Å². The molecule has 120 valence electrons. The van der Waals surface area contributed by atoms with Crippen molar-refractivity contribution in [2.75, 3.05) is 0 Å². The van der Waals surface area contributed by atoms with E-state index in [4.69, 9.17) is 4.42 Å². The highest BCUT2D eigenvalue weighted by molar-refractivity contribution is 6.22. The van der Waals surface area contributed by atoms with Crippen LogP contribution in [0.15, 0.2) is 71.4 Å². The highest BCUT2D eigenvalue weighted by Gasteiger charge is 2.23. The molecule has 0 saturated carbocycles. The zero-order chi connectivity index (χ0) is 17.0. The Bertz CT molecular complexity index is 1270. The summed E-state index contributed by atoms with van der Waals surface area (Å²) in [6.07, 6.45) is 3.85. The van der Waals surface area contributed by atoms with Crippen LogP contribution in [-0.4, -0.2) is 4.98 Å². The van der Waals surface area contributed by atoms with Crippen LogP contribution in [0.3, 0.4) is 0 Å². The predicted octanol–water partition coefficient (Wildman–Crippen LogP) is 4.93. The summed E-state index contributed by atoms with van der Waals surface area (Å²) in [4.78, 5) is 4.44. The number of rotatable bonds is 1. The lowest BCUT2D eigenvalue weighted by atomic mass is 9.93. The molecule has 0 spiro atoms. The van der Waals surface area contributed by atoms with E-state index in [-0.39, 0.29) is 0 Å². The highest BCUT2D eigenvalue weighted by atomic mass is 16.3. The lowest BCUT2D eigenvalue weighted by molar-refractivity contribution is -0.660. The van der Waals surface area contributed by atoms with Gasteiger partial charge in [0.05, 0.1) is 5.56 Å². The fourth-order valence-corrected chi connectivity index (χ4v) is 3.80. The van der Waals surface area contributed by atoms with E-state index < -0.39 is 0 Å². The molecule has 0 aliphatic carbocycles. The van der Waals surface area contributed by atoms with Gasteiger partial charge in [0, 0.05) is 29.1 Å². The SMILES string of the molecule is Cc1c(-c2cccc[n+]2C)c2oc3ncccc3c2c2ccccc12. The first-order valence-electron chi connectivity index (χ1n) is 8.39. The van der Waals surface area contributed by atoms with E-state index in [1.807, 2.05) is 12.1 Å². The van der Waals surface area contributed by atoms with Crippen LogP contribution < -0.4 is 4.57 Å². The number of hydrogen-bond donors (Lipinski definition) is 0. The molecule has 3 nitrogen and oxygen atoms in total. The van der Waals surface area contributed by atoms with Crippen molar-refractivity contribution in [2.45, 2.75) is 6.92 Å². The summed E-state index contributed by atoms with van der Waals surface area (Å²) in [5.41, 5.74) is 5.09. The molecule has 3 heteroatoms. The summed E-state index contributed by atoms with van der Waals surface area (Å²) in [5, 5.41) is 4.67. The van der Waals surface area contributed by atoms with Gasteiger partial charge in [-0.05, 0) is 41.5 Å². The number of furan rings is 1. The van der Waals surface area contributed by atoms with E-state index in [9.17, 15) is 0 Å². The average Bonchev–Trinajstić information content (AvgIpc) is 3.02. The van der Waals surface area contributed by atoms with Gasteiger partial charge >= 0.3 is 0 Å². The average molecular weight is 325 g/mol. The summed E-state index contributed by atoms with van der Waals surface area (Å²) in [6, 6.07) is 18.8. The third-order valence-electron chi connectivity index (χ3n) is 4.98. The first kappa shape index (κ1) is 14.2. The number of aryl methyl sites for hydroxylation is 2. The van der Waals surface area contributed by atoms with Gasteiger partial charge in [-0.25, -0.2) is 9.55 Å². The smallest absolute Gasteiger partial charge is 0.227 e. The first-order valence-corrected chi connectivity index (χ1v) is 8.39. The fraction of sp³-hybridized carbons (Fsp3) is 0.0909. The number of fused-ring (bicyclic) bond motifs is 5. The van der Waals surface area contributed by atoms with Crippen molar-refractivity contribution in [3.63, 3.8) is 0 Å². The Morgan fingerprint density at radius 1 is 0.880 bits per heavy atom. The van der Waals surface area contributed by atoms with Crippen LogP contribution in [0, 0.1) is 6.92 Å². The molecule has 0 bridgehead atoms. The quantitative estimate of drug-likeness (QED) is 0.409. The van der Waals surface area contributed by atoms with Crippen molar-refractivity contribution in [3.8, 4) is 11.3 Å². The molecule has 0 aliphatic rings. The minimum atomic E-state index is 0.688. The van der Waals surface area contributed by atoms with Crippen LogP contribution in [0.2, 0.25) is 0 Å². The molecular formula is C22H17N2O+. The number of pyridine rings is 2. The predicted molar refractivity (Wildman–Crippen MR) is 100 cm³/mol. The Kier molecular flexibility index (Phi) is 2.92. The fourth-order valence-electron chi connectivity index (χ4n) is 3.80. The van der Waals surface area contributed by atoms with Gasteiger partial charge in [-0.15, -0.1) is 0 Å². The van der Waals surface area contributed by atoms with Gasteiger partial charge in [0.1, 0.15) is 7.05 Å². The molecule has 0 N–H and O–H groups in total. The van der Waals surface area contributed by atoms with Crippen molar-refractivity contribution in [3.05, 3.63) is 72.6 Å². The molecule has 5 rings (SSSR count). The molecular weight excluding hydrogens is 308 g/mol. The molecule has 3 aromatic heterocycles. The van der Waals surface area contributed by atoms with E-state index in [1.165, 1.54) is 16.3 Å². The maximum Gasteiger partial charge on any atom is 0.227 e. The lowest BCUT2D eigenvalue weighted by Crippen LogP contribution is -2.30. The van der Waals surface area contributed by atoms with Gasteiger partial charge < -0.3 is 4.42 Å². The number of hydrogen-bond acceptors (Lipinski definition) is 2. The Balaban J connectivity index is 2.10. The zero-order valence-electron chi connectivity index (χ0n) is 14.2. The van der Waals surface area contributed by atoms with Crippen LogP contribution in [-0.2, 0) is 7.05 Å². The molecule has 0 amide bonds. The maximum atomic E-state index is 6.26. The minimum Gasteiger partial charge on any atom is -0.437 e. The summed E-state index contributed by atoms with van der Waals surface area (Å²) >= 11 is 0. The Morgan fingerprint density at radius 2 is 1.64 bits per heavy atom. The number of aromatic nitrogens is 2. The van der Waals surface area contributed by atoms with E-state index in [1.54, 1.807) is 6.20 Å². The standard InChI is InChI=1S/C22H17N2O/c1-14-15-8-3-4-9-16(15)20-17-10-7-12-23-22(17)25-21(20)19(14)18-11-5-6-13-24(18)2/h3-13H,1-2H3/q+1. The lowest BCUT2D eigenvalue weighted by Gasteiger charge is -2.10. The molecule has 0 saturated heterocycles.